The Kier molecular flexibility index (Phi) is 6.88. The molecule has 1 aromatic rings. The van der Waals surface area contributed by atoms with Crippen molar-refractivity contribution in [3.8, 4) is 11.8 Å². The van der Waals surface area contributed by atoms with Gasteiger partial charge >= 0.3 is 6.09 Å². The number of hydrogen-bond donors (Lipinski definition) is 0. The smallest absolute Gasteiger partial charge is 0.410 e. The number of carbonyl (C=O) groups is 1. The zero-order valence-corrected chi connectivity index (χ0v) is 19.9. The average Bonchev–Trinajstić information content (AvgIpc) is 3.00. The molecule has 2 heterocycles. The maximum Gasteiger partial charge on any atom is 0.410 e. The van der Waals surface area contributed by atoms with Gasteiger partial charge in [0.25, 0.3) is 0 Å². The van der Waals surface area contributed by atoms with Crippen molar-refractivity contribution in [3.05, 3.63) is 28.8 Å². The van der Waals surface area contributed by atoms with Gasteiger partial charge < -0.3 is 19.1 Å². The number of ether oxygens (including phenoxy) is 3. The van der Waals surface area contributed by atoms with Gasteiger partial charge in [-0.2, -0.15) is 5.26 Å². The van der Waals surface area contributed by atoms with Crippen molar-refractivity contribution >= 4 is 17.7 Å². The highest BCUT2D eigenvalue weighted by Crippen LogP contribution is 2.39. The minimum atomic E-state index is -0.468. The molecule has 2 aliphatic heterocycles. The van der Waals surface area contributed by atoms with Gasteiger partial charge in [-0.1, -0.05) is 11.6 Å². The Morgan fingerprint density at radius 2 is 1.66 bits per heavy atom. The predicted molar refractivity (Wildman–Crippen MR) is 122 cm³/mol. The largest absolute Gasteiger partial charge is 0.489 e. The van der Waals surface area contributed by atoms with E-state index in [-0.39, 0.29) is 36.5 Å². The molecule has 1 saturated carbocycles. The molecule has 1 aromatic carbocycles. The summed E-state index contributed by atoms with van der Waals surface area (Å²) in [6.45, 7) is 5.74. The highest BCUT2D eigenvalue weighted by atomic mass is 35.5. The fraction of sp³-hybridized carbons (Fsp3) is 0.680. The Hall–Kier alpha value is -1.97. The second-order valence-corrected chi connectivity index (χ2v) is 10.7. The number of nitriles is 1. The third-order valence-electron chi connectivity index (χ3n) is 6.66. The summed E-state index contributed by atoms with van der Waals surface area (Å²) in [6, 6.07) is 7.78. The minimum Gasteiger partial charge on any atom is -0.489 e. The maximum absolute atomic E-state index is 12.6. The lowest BCUT2D eigenvalue weighted by Crippen LogP contribution is -2.50. The van der Waals surface area contributed by atoms with E-state index in [2.05, 4.69) is 6.07 Å². The van der Waals surface area contributed by atoms with Gasteiger partial charge in [-0.3, -0.25) is 0 Å². The van der Waals surface area contributed by atoms with E-state index in [0.717, 1.165) is 51.4 Å². The number of nitrogens with zero attached hydrogens (tertiary/aromatic N) is 2. The molecule has 2 atom stereocenters. The lowest BCUT2D eigenvalue weighted by Gasteiger charge is -2.41. The fourth-order valence-corrected chi connectivity index (χ4v) is 5.45. The van der Waals surface area contributed by atoms with Crippen LogP contribution in [0.2, 0.25) is 5.02 Å². The van der Waals surface area contributed by atoms with E-state index < -0.39 is 5.60 Å². The first kappa shape index (κ1) is 23.2. The lowest BCUT2D eigenvalue weighted by molar-refractivity contribution is -0.0812. The van der Waals surface area contributed by atoms with Gasteiger partial charge in [-0.15, -0.1) is 0 Å². The Balaban J connectivity index is 1.25. The molecule has 3 fully saturated rings. The van der Waals surface area contributed by atoms with E-state index in [1.165, 1.54) is 0 Å². The quantitative estimate of drug-likeness (QED) is 0.563. The third kappa shape index (κ3) is 5.50. The molecular weight excluding hydrogens is 428 g/mol. The Labute approximate surface area is 195 Å². The second-order valence-electron chi connectivity index (χ2n) is 10.3. The van der Waals surface area contributed by atoms with Crippen LogP contribution in [0.1, 0.15) is 77.7 Å². The molecule has 0 spiro atoms. The molecular formula is C25H33ClN2O4. The number of hydrogen-bond acceptors (Lipinski definition) is 5. The summed E-state index contributed by atoms with van der Waals surface area (Å²) in [5.74, 6) is 0.604. The van der Waals surface area contributed by atoms with E-state index >= 15 is 0 Å². The van der Waals surface area contributed by atoms with Crippen LogP contribution < -0.4 is 4.74 Å². The summed E-state index contributed by atoms with van der Waals surface area (Å²) in [5.41, 5.74) is 0.00743. The highest BCUT2D eigenvalue weighted by Gasteiger charge is 2.45. The van der Waals surface area contributed by atoms with Gasteiger partial charge in [-0.25, -0.2) is 4.79 Å². The topological polar surface area (TPSA) is 71.8 Å². The predicted octanol–water partition coefficient (Wildman–Crippen LogP) is 5.85. The first-order valence-electron chi connectivity index (χ1n) is 11.7. The van der Waals surface area contributed by atoms with Crippen LogP contribution in [0.3, 0.4) is 0 Å². The summed E-state index contributed by atoms with van der Waals surface area (Å²) in [4.78, 5) is 14.6. The van der Waals surface area contributed by atoms with E-state index in [0.29, 0.717) is 16.3 Å². The molecule has 0 radical (unpaired) electrons. The molecule has 6 nitrogen and oxygen atoms in total. The summed E-state index contributed by atoms with van der Waals surface area (Å²) >= 11 is 5.98. The number of carbonyl (C=O) groups excluding carboxylic acids is 1. The third-order valence-corrected chi connectivity index (χ3v) is 6.89. The van der Waals surface area contributed by atoms with Crippen molar-refractivity contribution in [3.63, 3.8) is 0 Å². The number of benzene rings is 1. The van der Waals surface area contributed by atoms with Gasteiger partial charge in [0, 0.05) is 17.1 Å². The zero-order valence-electron chi connectivity index (χ0n) is 19.2. The van der Waals surface area contributed by atoms with Crippen LogP contribution in [0.5, 0.6) is 5.75 Å². The maximum atomic E-state index is 12.6. The SMILES string of the molecule is CC(C)(C)OC(=O)N1C2CCC1CC(OC1CCC(Oc3ccc(Cl)cc3C#N)CC1)C2. The molecule has 2 saturated heterocycles. The van der Waals surface area contributed by atoms with E-state index in [4.69, 9.17) is 25.8 Å². The van der Waals surface area contributed by atoms with Gasteiger partial charge in [0.1, 0.15) is 17.4 Å². The summed E-state index contributed by atoms with van der Waals surface area (Å²) < 4.78 is 18.2. The Bertz CT molecular complexity index is 856. The van der Waals surface area contributed by atoms with Crippen LogP contribution in [0.15, 0.2) is 18.2 Å². The standard InChI is InChI=1S/C25H33ClN2O4/c1-25(2,3)32-24(29)28-18-5-6-19(28)14-22(13-18)30-20-7-9-21(10-8-20)31-23-11-4-17(26)12-16(23)15-27/h4,11-12,18-22H,5-10,13-14H2,1-3H3. The average molecular weight is 461 g/mol. The molecule has 4 rings (SSSR count). The molecule has 0 aromatic heterocycles. The molecule has 2 unspecified atom stereocenters. The monoisotopic (exact) mass is 460 g/mol. The van der Waals surface area contributed by atoms with Gasteiger partial charge in [0.15, 0.2) is 0 Å². The van der Waals surface area contributed by atoms with Crippen LogP contribution in [-0.4, -0.2) is 47.0 Å². The van der Waals surface area contributed by atoms with Crippen LogP contribution in [0.4, 0.5) is 4.79 Å². The van der Waals surface area contributed by atoms with Gasteiger partial charge in [-0.05, 0) is 90.3 Å². The van der Waals surface area contributed by atoms with E-state index in [1.807, 2.05) is 25.7 Å². The summed E-state index contributed by atoms with van der Waals surface area (Å²) in [5, 5.41) is 9.85. The molecule has 7 heteroatoms. The molecule has 1 aliphatic carbocycles. The minimum absolute atomic E-state index is 0.0910. The molecule has 0 N–H and O–H groups in total. The van der Waals surface area contributed by atoms with Crippen molar-refractivity contribution < 1.29 is 19.0 Å². The number of rotatable bonds is 4. The van der Waals surface area contributed by atoms with Crippen molar-refractivity contribution in [2.45, 2.75) is 108 Å². The Morgan fingerprint density at radius 1 is 1.03 bits per heavy atom. The summed E-state index contributed by atoms with van der Waals surface area (Å²) in [7, 11) is 0. The second kappa shape index (κ2) is 9.49. The van der Waals surface area contributed by atoms with E-state index in [9.17, 15) is 10.1 Å². The number of amides is 1. The number of fused-ring (bicyclic) bond motifs is 2. The fourth-order valence-electron chi connectivity index (χ4n) is 5.28. The molecule has 174 valence electrons. The van der Waals surface area contributed by atoms with Crippen molar-refractivity contribution in [2.75, 3.05) is 0 Å². The van der Waals surface area contributed by atoms with Crippen molar-refractivity contribution in [2.24, 2.45) is 0 Å². The Morgan fingerprint density at radius 3 is 2.25 bits per heavy atom. The molecule has 2 bridgehead atoms. The normalized spacial score (nSPS) is 30.0. The molecule has 32 heavy (non-hydrogen) atoms. The lowest BCUT2D eigenvalue weighted by atomic mass is 9.93. The van der Waals surface area contributed by atoms with E-state index in [1.54, 1.807) is 18.2 Å². The zero-order chi connectivity index (χ0) is 22.9. The number of halogens is 1. The van der Waals surface area contributed by atoms with Gasteiger partial charge in [0.2, 0.25) is 0 Å². The highest BCUT2D eigenvalue weighted by molar-refractivity contribution is 6.30. The van der Waals surface area contributed by atoms with Crippen molar-refractivity contribution in [1.29, 1.82) is 5.26 Å². The number of piperidine rings is 1. The van der Waals surface area contributed by atoms with Gasteiger partial charge in [0.05, 0.1) is 23.9 Å². The van der Waals surface area contributed by atoms with Crippen molar-refractivity contribution in [1.82, 2.24) is 4.90 Å². The first-order valence-corrected chi connectivity index (χ1v) is 12.1. The van der Waals surface area contributed by atoms with Crippen LogP contribution in [0, 0.1) is 11.3 Å². The van der Waals surface area contributed by atoms with Crippen LogP contribution in [-0.2, 0) is 9.47 Å². The molecule has 1 amide bonds. The summed E-state index contributed by atoms with van der Waals surface area (Å²) in [6.07, 6.45) is 7.90. The first-order chi connectivity index (χ1) is 15.2. The molecule has 3 aliphatic rings. The van der Waals surface area contributed by atoms with Crippen LogP contribution >= 0.6 is 11.6 Å². The van der Waals surface area contributed by atoms with Crippen LogP contribution in [0.25, 0.3) is 0 Å².